The van der Waals surface area contributed by atoms with Crippen LogP contribution in [0.5, 0.6) is 0 Å². The molecule has 0 saturated carbocycles. The molecule has 1 aliphatic rings. The maximum absolute atomic E-state index is 11.9. The molecular formula is C15H17NO4. The molecule has 106 valence electrons. The van der Waals surface area contributed by atoms with Crippen LogP contribution in [0.2, 0.25) is 0 Å². The van der Waals surface area contributed by atoms with Crippen molar-refractivity contribution in [3.8, 4) is 0 Å². The number of hydrogen-bond acceptors (Lipinski definition) is 4. The first-order valence-corrected chi connectivity index (χ1v) is 6.64. The first kappa shape index (κ1) is 14.2. The van der Waals surface area contributed by atoms with E-state index in [1.54, 1.807) is 12.1 Å². The number of amides is 2. The van der Waals surface area contributed by atoms with Crippen molar-refractivity contribution >= 4 is 17.8 Å². The summed E-state index contributed by atoms with van der Waals surface area (Å²) in [6.07, 6.45) is 1.12. The standard InChI is InChI=1S/C15H17NO4/c1-10(2)9-11-3-5-12(6-4-11)15(19)20-16-13(17)7-8-14(16)18/h3-6,10H,7-9H2,1-2H3. The van der Waals surface area contributed by atoms with Gasteiger partial charge in [-0.25, -0.2) is 4.79 Å². The SMILES string of the molecule is CC(C)Cc1ccc(C(=O)ON2C(=O)CCC2=O)cc1. The maximum Gasteiger partial charge on any atom is 0.363 e. The molecule has 1 saturated heterocycles. The van der Waals surface area contributed by atoms with Gasteiger partial charge in [0.15, 0.2) is 0 Å². The van der Waals surface area contributed by atoms with Gasteiger partial charge in [0, 0.05) is 12.8 Å². The lowest BCUT2D eigenvalue weighted by Crippen LogP contribution is -2.32. The number of carbonyl (C=O) groups excluding carboxylic acids is 3. The second kappa shape index (κ2) is 5.86. The molecule has 0 N–H and O–H groups in total. The van der Waals surface area contributed by atoms with Gasteiger partial charge in [-0.15, -0.1) is 5.06 Å². The molecule has 0 aromatic heterocycles. The van der Waals surface area contributed by atoms with E-state index in [1.807, 2.05) is 12.1 Å². The van der Waals surface area contributed by atoms with E-state index in [-0.39, 0.29) is 12.8 Å². The Labute approximate surface area is 117 Å². The average molecular weight is 275 g/mol. The van der Waals surface area contributed by atoms with Crippen LogP contribution in [0.25, 0.3) is 0 Å². The largest absolute Gasteiger partial charge is 0.363 e. The number of imide groups is 1. The van der Waals surface area contributed by atoms with E-state index in [4.69, 9.17) is 4.84 Å². The monoisotopic (exact) mass is 275 g/mol. The van der Waals surface area contributed by atoms with E-state index < -0.39 is 17.8 Å². The number of hydroxylamine groups is 2. The van der Waals surface area contributed by atoms with Crippen molar-refractivity contribution in [2.75, 3.05) is 0 Å². The Morgan fingerprint density at radius 2 is 1.70 bits per heavy atom. The molecule has 0 bridgehead atoms. The van der Waals surface area contributed by atoms with Gasteiger partial charge in [-0.05, 0) is 30.0 Å². The fraction of sp³-hybridized carbons (Fsp3) is 0.400. The third kappa shape index (κ3) is 3.23. The summed E-state index contributed by atoms with van der Waals surface area (Å²) in [6, 6.07) is 6.99. The minimum atomic E-state index is -0.690. The lowest BCUT2D eigenvalue weighted by Gasteiger charge is -2.12. The highest BCUT2D eigenvalue weighted by atomic mass is 16.7. The maximum atomic E-state index is 11.9. The normalized spacial score (nSPS) is 15.1. The molecule has 1 aromatic carbocycles. The van der Waals surface area contributed by atoms with E-state index in [2.05, 4.69) is 13.8 Å². The highest BCUT2D eigenvalue weighted by Crippen LogP contribution is 2.15. The molecule has 1 aliphatic heterocycles. The quantitative estimate of drug-likeness (QED) is 0.789. The molecule has 0 aliphatic carbocycles. The van der Waals surface area contributed by atoms with E-state index in [0.29, 0.717) is 16.5 Å². The van der Waals surface area contributed by atoms with Crippen LogP contribution in [0.3, 0.4) is 0 Å². The van der Waals surface area contributed by atoms with E-state index >= 15 is 0 Å². The Morgan fingerprint density at radius 1 is 1.15 bits per heavy atom. The first-order valence-electron chi connectivity index (χ1n) is 6.64. The minimum absolute atomic E-state index is 0.0967. The zero-order valence-corrected chi connectivity index (χ0v) is 11.6. The molecule has 2 rings (SSSR count). The predicted molar refractivity (Wildman–Crippen MR) is 71.5 cm³/mol. The van der Waals surface area contributed by atoms with Crippen LogP contribution in [0.15, 0.2) is 24.3 Å². The third-order valence-electron chi connectivity index (χ3n) is 3.01. The summed E-state index contributed by atoms with van der Waals surface area (Å²) in [5, 5.41) is 0.560. The Bertz CT molecular complexity index is 517. The van der Waals surface area contributed by atoms with Gasteiger partial charge in [0.2, 0.25) is 0 Å². The molecule has 0 atom stereocenters. The molecule has 2 amide bonds. The molecule has 5 nitrogen and oxygen atoms in total. The molecule has 1 aromatic rings. The molecular weight excluding hydrogens is 258 g/mol. The molecule has 20 heavy (non-hydrogen) atoms. The summed E-state index contributed by atoms with van der Waals surface area (Å²) >= 11 is 0. The highest BCUT2D eigenvalue weighted by Gasteiger charge is 2.33. The van der Waals surface area contributed by atoms with Crippen molar-refractivity contribution in [2.24, 2.45) is 5.92 Å². The lowest BCUT2D eigenvalue weighted by atomic mass is 10.0. The topological polar surface area (TPSA) is 63.7 Å². The van der Waals surface area contributed by atoms with E-state index in [0.717, 1.165) is 12.0 Å². The Balaban J connectivity index is 2.02. The van der Waals surface area contributed by atoms with Gasteiger partial charge in [0.1, 0.15) is 0 Å². The van der Waals surface area contributed by atoms with Crippen molar-refractivity contribution in [3.05, 3.63) is 35.4 Å². The summed E-state index contributed by atoms with van der Waals surface area (Å²) in [5.74, 6) is -1.10. The highest BCUT2D eigenvalue weighted by molar-refractivity contribution is 6.02. The number of hydrogen-bond donors (Lipinski definition) is 0. The third-order valence-corrected chi connectivity index (χ3v) is 3.01. The molecule has 1 heterocycles. The van der Waals surface area contributed by atoms with Gasteiger partial charge in [-0.2, -0.15) is 0 Å². The second-order valence-electron chi connectivity index (χ2n) is 5.26. The molecule has 0 unspecified atom stereocenters. The predicted octanol–water partition coefficient (Wildman–Crippen LogP) is 2.11. The van der Waals surface area contributed by atoms with Gasteiger partial charge >= 0.3 is 5.97 Å². The zero-order chi connectivity index (χ0) is 14.7. The van der Waals surface area contributed by atoms with Crippen LogP contribution in [0, 0.1) is 5.92 Å². The molecule has 0 spiro atoms. The number of benzene rings is 1. The minimum Gasteiger partial charge on any atom is -0.325 e. The van der Waals surface area contributed by atoms with Gasteiger partial charge in [0.25, 0.3) is 11.8 Å². The van der Waals surface area contributed by atoms with Gasteiger partial charge < -0.3 is 4.84 Å². The number of nitrogens with zero attached hydrogens (tertiary/aromatic N) is 1. The van der Waals surface area contributed by atoms with Crippen molar-refractivity contribution in [3.63, 3.8) is 0 Å². The lowest BCUT2D eigenvalue weighted by molar-refractivity contribution is -0.172. The average Bonchev–Trinajstić information content (AvgIpc) is 2.70. The van der Waals surface area contributed by atoms with Crippen LogP contribution in [0.1, 0.15) is 42.6 Å². The van der Waals surface area contributed by atoms with E-state index in [1.165, 1.54) is 0 Å². The summed E-state index contributed by atoms with van der Waals surface area (Å²) < 4.78 is 0. The Hall–Kier alpha value is -2.17. The smallest absolute Gasteiger partial charge is 0.325 e. The van der Waals surface area contributed by atoms with Crippen LogP contribution in [-0.2, 0) is 20.8 Å². The Kier molecular flexibility index (Phi) is 4.17. The fourth-order valence-corrected chi connectivity index (χ4v) is 2.04. The number of carbonyl (C=O) groups is 3. The van der Waals surface area contributed by atoms with Gasteiger partial charge in [0.05, 0.1) is 5.56 Å². The first-order chi connectivity index (χ1) is 9.47. The molecule has 1 fully saturated rings. The summed E-state index contributed by atoms with van der Waals surface area (Å²) in [6.45, 7) is 4.24. The summed E-state index contributed by atoms with van der Waals surface area (Å²) in [5.41, 5.74) is 1.45. The number of rotatable bonds is 4. The molecule has 0 radical (unpaired) electrons. The molecule has 5 heteroatoms. The summed E-state index contributed by atoms with van der Waals surface area (Å²) in [4.78, 5) is 39.4. The van der Waals surface area contributed by atoms with Gasteiger partial charge in [-0.3, -0.25) is 9.59 Å². The second-order valence-corrected chi connectivity index (χ2v) is 5.26. The van der Waals surface area contributed by atoms with Crippen molar-refractivity contribution in [1.82, 2.24) is 5.06 Å². The van der Waals surface area contributed by atoms with E-state index in [9.17, 15) is 14.4 Å². The Morgan fingerprint density at radius 3 is 2.20 bits per heavy atom. The fourth-order valence-electron chi connectivity index (χ4n) is 2.04. The van der Waals surface area contributed by atoms with Crippen LogP contribution in [0.4, 0.5) is 0 Å². The van der Waals surface area contributed by atoms with Crippen LogP contribution < -0.4 is 0 Å². The van der Waals surface area contributed by atoms with Crippen molar-refractivity contribution in [2.45, 2.75) is 33.1 Å². The van der Waals surface area contributed by atoms with Gasteiger partial charge in [-0.1, -0.05) is 26.0 Å². The van der Waals surface area contributed by atoms with Crippen molar-refractivity contribution < 1.29 is 19.2 Å². The van der Waals surface area contributed by atoms with Crippen LogP contribution in [-0.4, -0.2) is 22.8 Å². The van der Waals surface area contributed by atoms with Crippen LogP contribution >= 0.6 is 0 Å². The summed E-state index contributed by atoms with van der Waals surface area (Å²) in [7, 11) is 0. The zero-order valence-electron chi connectivity index (χ0n) is 11.6. The van der Waals surface area contributed by atoms with Crippen molar-refractivity contribution in [1.29, 1.82) is 0 Å².